The molecular weight excluding hydrogens is 1640 g/mol. The van der Waals surface area contributed by atoms with Crippen LogP contribution >= 0.6 is 34.0 Å². The summed E-state index contributed by atoms with van der Waals surface area (Å²) in [6.07, 6.45) is 0. The molecule has 0 aliphatic heterocycles. The molecule has 0 unspecified atom stereocenters. The molecule has 0 bridgehead atoms. The Balaban J connectivity index is 0.000000104. The molecule has 0 saturated heterocycles. The van der Waals surface area contributed by atoms with Crippen LogP contribution in [0.1, 0.15) is 25.0 Å². The van der Waals surface area contributed by atoms with Crippen LogP contribution in [-0.2, 0) is 5.41 Å². The first-order chi connectivity index (χ1) is 64.7. The van der Waals surface area contributed by atoms with E-state index in [9.17, 15) is 0 Å². The van der Waals surface area contributed by atoms with E-state index in [4.69, 9.17) is 15.0 Å². The molecule has 6 heterocycles. The number of thiophene rings is 3. The normalized spacial score (nSPS) is 12.4. The largest absolute Gasteiger partial charge is 0.310 e. The van der Waals surface area contributed by atoms with Gasteiger partial charge in [0.2, 0.25) is 0 Å². The number of anilines is 3. The first kappa shape index (κ1) is 76.4. The van der Waals surface area contributed by atoms with Crippen LogP contribution in [0.15, 0.2) is 437 Å². The third kappa shape index (κ3) is 12.6. The van der Waals surface area contributed by atoms with Crippen LogP contribution in [0.25, 0.3) is 236 Å². The minimum absolute atomic E-state index is 0.0922. The molecule has 7 heteroatoms. The Labute approximate surface area is 768 Å². The average Bonchev–Trinajstić information content (AvgIpc) is 1.72. The fourth-order valence-electron chi connectivity index (χ4n) is 21.0. The van der Waals surface area contributed by atoms with Crippen molar-refractivity contribution in [3.8, 4) is 78.3 Å². The zero-order valence-corrected chi connectivity index (χ0v) is 74.0. The number of pyridine rings is 3. The van der Waals surface area contributed by atoms with E-state index in [1.807, 2.05) is 34.0 Å². The highest BCUT2D eigenvalue weighted by atomic mass is 32.1. The average molecular weight is 1720 g/mol. The van der Waals surface area contributed by atoms with Gasteiger partial charge in [-0.2, -0.15) is 0 Å². The molecule has 612 valence electrons. The van der Waals surface area contributed by atoms with Gasteiger partial charge in [0.15, 0.2) is 0 Å². The number of hydrogen-bond donors (Lipinski definition) is 0. The number of nitrogens with zero attached hydrogens (tertiary/aromatic N) is 4. The summed E-state index contributed by atoms with van der Waals surface area (Å²) in [6, 6.07) is 159. The molecule has 1 aliphatic rings. The van der Waals surface area contributed by atoms with E-state index in [0.29, 0.717) is 0 Å². The van der Waals surface area contributed by atoms with E-state index in [2.05, 4.69) is 456 Å². The Hall–Kier alpha value is -15.9. The maximum Gasteiger partial charge on any atom is 0.0802 e. The number of hydrogen-bond acceptors (Lipinski definition) is 7. The fourth-order valence-corrected chi connectivity index (χ4v) is 24.8. The fraction of sp³-hybridized carbons (Fsp3) is 0.0242. The maximum absolute atomic E-state index is 5.29. The minimum atomic E-state index is -0.0922. The molecule has 131 heavy (non-hydrogen) atoms. The first-order valence-electron chi connectivity index (χ1n) is 44.8. The number of benzene rings is 21. The Kier molecular flexibility index (Phi) is 17.9. The monoisotopic (exact) mass is 1720 g/mol. The summed E-state index contributed by atoms with van der Waals surface area (Å²) >= 11 is 5.59. The Bertz CT molecular complexity index is 9260. The van der Waals surface area contributed by atoms with Crippen LogP contribution in [0, 0.1) is 0 Å². The van der Waals surface area contributed by atoms with Crippen LogP contribution in [0.3, 0.4) is 0 Å². The summed E-state index contributed by atoms with van der Waals surface area (Å²) in [4.78, 5) is 18.1. The third-order valence-electron chi connectivity index (χ3n) is 27.3. The van der Waals surface area contributed by atoms with Crippen molar-refractivity contribution in [1.29, 1.82) is 0 Å². The summed E-state index contributed by atoms with van der Waals surface area (Å²) in [5, 5.41) is 26.9. The number of aromatic nitrogens is 3. The van der Waals surface area contributed by atoms with Gasteiger partial charge in [-0.1, -0.05) is 372 Å². The van der Waals surface area contributed by atoms with Crippen LogP contribution < -0.4 is 4.90 Å². The predicted molar refractivity (Wildman–Crippen MR) is 565 cm³/mol. The Morgan fingerprint density at radius 3 is 1.05 bits per heavy atom. The van der Waals surface area contributed by atoms with E-state index in [1.54, 1.807) is 0 Å². The lowest BCUT2D eigenvalue weighted by atomic mass is 9.82. The van der Waals surface area contributed by atoms with Crippen molar-refractivity contribution < 1.29 is 0 Å². The van der Waals surface area contributed by atoms with Gasteiger partial charge in [-0.25, -0.2) is 15.0 Å². The van der Waals surface area contributed by atoms with Crippen molar-refractivity contribution in [3.63, 3.8) is 0 Å². The summed E-state index contributed by atoms with van der Waals surface area (Å²) in [5.41, 5.74) is 25.7. The molecule has 4 nitrogen and oxygen atoms in total. The van der Waals surface area contributed by atoms with Gasteiger partial charge >= 0.3 is 0 Å². The highest BCUT2D eigenvalue weighted by Crippen LogP contribution is 2.53. The van der Waals surface area contributed by atoms with Crippen LogP contribution in [0.5, 0.6) is 0 Å². The van der Waals surface area contributed by atoms with Gasteiger partial charge in [-0.05, 0) is 199 Å². The first-order valence-corrected chi connectivity index (χ1v) is 47.3. The van der Waals surface area contributed by atoms with Gasteiger partial charge in [-0.3, -0.25) is 0 Å². The molecule has 1 aliphatic carbocycles. The van der Waals surface area contributed by atoms with Crippen molar-refractivity contribution >= 4 is 209 Å². The summed E-state index contributed by atoms with van der Waals surface area (Å²) in [5.74, 6) is 0. The van der Waals surface area contributed by atoms with Gasteiger partial charge in [0.1, 0.15) is 0 Å². The number of para-hydroxylation sites is 3. The molecule has 21 aromatic carbocycles. The Morgan fingerprint density at radius 1 is 0.198 bits per heavy atom. The van der Waals surface area contributed by atoms with E-state index in [0.717, 1.165) is 67.4 Å². The molecule has 0 fully saturated rings. The van der Waals surface area contributed by atoms with E-state index >= 15 is 0 Å². The van der Waals surface area contributed by atoms with Crippen molar-refractivity contribution in [2.24, 2.45) is 0 Å². The van der Waals surface area contributed by atoms with Gasteiger partial charge < -0.3 is 4.90 Å². The molecule has 28 rings (SSSR count). The van der Waals surface area contributed by atoms with Gasteiger partial charge in [-0.15, -0.1) is 34.0 Å². The molecule has 0 radical (unpaired) electrons. The van der Waals surface area contributed by atoms with Crippen LogP contribution in [-0.4, -0.2) is 15.0 Å². The molecule has 0 saturated carbocycles. The molecule has 0 atom stereocenters. The van der Waals surface area contributed by atoms with E-state index in [-0.39, 0.29) is 5.41 Å². The Morgan fingerprint density at radius 2 is 0.534 bits per heavy atom. The third-order valence-corrected chi connectivity index (χ3v) is 30.9. The lowest BCUT2D eigenvalue weighted by Gasteiger charge is -2.28. The zero-order chi connectivity index (χ0) is 86.5. The second-order valence-corrected chi connectivity index (χ2v) is 38.2. The molecule has 27 aromatic rings. The minimum Gasteiger partial charge on any atom is -0.310 e. The lowest BCUT2D eigenvalue weighted by molar-refractivity contribution is 0.660. The summed E-state index contributed by atoms with van der Waals surface area (Å²) in [6.45, 7) is 4.70. The quantitative estimate of drug-likeness (QED) is 0.135. The number of fused-ring (bicyclic) bond motifs is 24. The number of rotatable bonds is 9. The molecular formula is C124H78N4S3. The predicted octanol–water partition coefficient (Wildman–Crippen LogP) is 35.9. The van der Waals surface area contributed by atoms with Gasteiger partial charge in [0, 0.05) is 116 Å². The standard InChI is InChI=1S/C48H34N2S.C39H23NS.C37H21NS/c1-48(2)41-17-9-6-14-37(41)38-29-28-36(30-42(38)48)50(34-24-20-32(21-25-34)31-12-4-3-5-13-31)35-26-22-33(23-27-35)46-45-40-16-8-11-19-44(40)51-47(45)39-15-7-10-18-43(39)49-46;1-2-11-29-27(9-1)28-10-3-4-12-30(28)34-23-26(21-22-31(29)34)24-17-19-25(20-18-24)38-37-33-14-6-8-16-36(33)41-39(37)32-13-5-7-15-35(32)40-38;1-3-10-31-29(8-1)37-35(30-9-2-4-11-32(30)39-37)36(38-31)26-16-12-22(13-17-26)27-20-18-25-15-14-23-6-5-7-24-19-21-28(27)34(25)33(23)24/h3-30H,1-2H3;1-23H;1-21H. The van der Waals surface area contributed by atoms with Crippen molar-refractivity contribution in [2.75, 3.05) is 4.90 Å². The topological polar surface area (TPSA) is 41.9 Å². The second kappa shape index (κ2) is 30.7. The second-order valence-electron chi connectivity index (χ2n) is 35.0. The molecule has 0 amide bonds. The molecule has 0 N–H and O–H groups in total. The SMILES string of the molecule is CC1(C)c2ccccc2-c2ccc(N(c3ccc(-c4ccccc4)cc3)c3ccc(-c4nc5ccccc5c5sc6ccccc6c45)cc3)cc21.c1cc2ccc3ccc(-c4ccc(-c5nc6ccccc6c6sc7ccccc7c56)cc4)c4ccc(c1)c2c34.c1ccc2c(c1)nc(-c1ccc(-c3ccc4c5ccccc5c5ccccc5c4c3)cc1)c1c3ccccc3sc21. The molecule has 0 spiro atoms. The van der Waals surface area contributed by atoms with Crippen LogP contribution in [0.4, 0.5) is 17.1 Å². The molecule has 6 aromatic heterocycles. The van der Waals surface area contributed by atoms with Gasteiger partial charge in [0.25, 0.3) is 0 Å². The summed E-state index contributed by atoms with van der Waals surface area (Å²) < 4.78 is 7.81. The maximum atomic E-state index is 5.29. The van der Waals surface area contributed by atoms with Crippen LogP contribution in [0.2, 0.25) is 0 Å². The van der Waals surface area contributed by atoms with E-state index < -0.39 is 0 Å². The lowest BCUT2D eigenvalue weighted by Crippen LogP contribution is -2.16. The smallest absolute Gasteiger partial charge is 0.0802 e. The zero-order valence-electron chi connectivity index (χ0n) is 71.6. The van der Waals surface area contributed by atoms with E-state index in [1.165, 1.54) is 197 Å². The van der Waals surface area contributed by atoms with Crippen molar-refractivity contribution in [3.05, 3.63) is 448 Å². The highest BCUT2D eigenvalue weighted by molar-refractivity contribution is 7.27. The highest BCUT2D eigenvalue weighted by Gasteiger charge is 2.36. The summed E-state index contributed by atoms with van der Waals surface area (Å²) in [7, 11) is 0. The van der Waals surface area contributed by atoms with Crippen molar-refractivity contribution in [1.82, 2.24) is 15.0 Å². The van der Waals surface area contributed by atoms with Crippen molar-refractivity contribution in [2.45, 2.75) is 19.3 Å². The van der Waals surface area contributed by atoms with Gasteiger partial charge in [0.05, 0.1) is 33.6 Å².